The third-order valence-corrected chi connectivity index (χ3v) is 4.21. The molecule has 0 N–H and O–H groups in total. The summed E-state index contributed by atoms with van der Waals surface area (Å²) >= 11 is 0. The smallest absolute Gasteiger partial charge is 0.325 e. The Morgan fingerprint density at radius 1 is 1.33 bits per heavy atom. The summed E-state index contributed by atoms with van der Waals surface area (Å²) in [6.07, 6.45) is 2.75. The zero-order valence-corrected chi connectivity index (χ0v) is 13.0. The van der Waals surface area contributed by atoms with Crippen molar-refractivity contribution in [2.24, 2.45) is 0 Å². The van der Waals surface area contributed by atoms with Gasteiger partial charge in [0.15, 0.2) is 0 Å². The first-order chi connectivity index (χ1) is 9.99. The van der Waals surface area contributed by atoms with Crippen molar-refractivity contribution in [3.05, 3.63) is 35.4 Å². The second-order valence-corrected chi connectivity index (χ2v) is 5.77. The van der Waals surface area contributed by atoms with E-state index in [9.17, 15) is 9.59 Å². The molecule has 0 radical (unpaired) electrons. The Morgan fingerprint density at radius 3 is 2.57 bits per heavy atom. The van der Waals surface area contributed by atoms with Crippen LogP contribution in [0.15, 0.2) is 24.3 Å². The monoisotopic (exact) mass is 289 g/mol. The standard InChI is InChI=1S/C17H23NO3/c1-4-21-15(19)12-18(3)16(20)17(9-6-10-17)14-8-5-7-13(2)11-14/h5,7-8,11H,4,6,9-10,12H2,1-3H3. The number of hydrogen-bond donors (Lipinski definition) is 0. The van der Waals surface area contributed by atoms with Gasteiger partial charge in [0.25, 0.3) is 0 Å². The minimum absolute atomic E-state index is 0.0141. The van der Waals surface area contributed by atoms with E-state index in [1.165, 1.54) is 4.90 Å². The van der Waals surface area contributed by atoms with E-state index in [1.807, 2.05) is 25.1 Å². The molecule has 0 spiro atoms. The fourth-order valence-electron chi connectivity index (χ4n) is 2.94. The first-order valence-electron chi connectivity index (χ1n) is 7.48. The maximum absolute atomic E-state index is 12.8. The first kappa shape index (κ1) is 15.5. The highest BCUT2D eigenvalue weighted by Gasteiger charge is 2.47. The molecule has 21 heavy (non-hydrogen) atoms. The molecular weight excluding hydrogens is 266 g/mol. The van der Waals surface area contributed by atoms with E-state index in [0.717, 1.165) is 30.4 Å². The lowest BCUT2D eigenvalue weighted by molar-refractivity contribution is -0.151. The van der Waals surface area contributed by atoms with Gasteiger partial charge in [-0.1, -0.05) is 36.2 Å². The normalized spacial score (nSPS) is 16.0. The van der Waals surface area contributed by atoms with Gasteiger partial charge in [-0.3, -0.25) is 9.59 Å². The van der Waals surface area contributed by atoms with Crippen LogP contribution in [0.5, 0.6) is 0 Å². The number of likely N-dealkylation sites (N-methyl/N-ethyl adjacent to an activating group) is 1. The average molecular weight is 289 g/mol. The van der Waals surface area contributed by atoms with Gasteiger partial charge in [-0.05, 0) is 32.3 Å². The molecule has 114 valence electrons. The van der Waals surface area contributed by atoms with Crippen LogP contribution < -0.4 is 0 Å². The van der Waals surface area contributed by atoms with Crippen molar-refractivity contribution < 1.29 is 14.3 Å². The summed E-state index contributed by atoms with van der Waals surface area (Å²) in [7, 11) is 1.68. The molecule has 0 aliphatic heterocycles. The molecule has 4 nitrogen and oxygen atoms in total. The zero-order chi connectivity index (χ0) is 15.5. The van der Waals surface area contributed by atoms with Gasteiger partial charge in [0.2, 0.25) is 5.91 Å². The van der Waals surface area contributed by atoms with Gasteiger partial charge in [-0.25, -0.2) is 0 Å². The van der Waals surface area contributed by atoms with Crippen LogP contribution in [-0.2, 0) is 19.7 Å². The van der Waals surface area contributed by atoms with Gasteiger partial charge in [-0.2, -0.15) is 0 Å². The zero-order valence-electron chi connectivity index (χ0n) is 13.0. The third kappa shape index (κ3) is 3.09. The van der Waals surface area contributed by atoms with Gasteiger partial charge < -0.3 is 9.64 Å². The molecule has 1 aromatic rings. The minimum atomic E-state index is -0.451. The molecule has 1 fully saturated rings. The summed E-state index contributed by atoms with van der Waals surface area (Å²) in [5.74, 6) is -0.334. The predicted octanol–water partition coefficient (Wildman–Crippen LogP) is 2.44. The number of benzene rings is 1. The number of aryl methyl sites for hydroxylation is 1. The highest BCUT2D eigenvalue weighted by molar-refractivity contribution is 5.91. The van der Waals surface area contributed by atoms with Crippen molar-refractivity contribution >= 4 is 11.9 Å². The molecule has 0 heterocycles. The fourth-order valence-corrected chi connectivity index (χ4v) is 2.94. The van der Waals surface area contributed by atoms with Crippen LogP contribution in [0.4, 0.5) is 0 Å². The van der Waals surface area contributed by atoms with Crippen molar-refractivity contribution in [1.29, 1.82) is 0 Å². The van der Waals surface area contributed by atoms with Gasteiger partial charge in [-0.15, -0.1) is 0 Å². The van der Waals surface area contributed by atoms with Gasteiger partial charge in [0.05, 0.1) is 12.0 Å². The second-order valence-electron chi connectivity index (χ2n) is 5.77. The molecule has 0 aromatic heterocycles. The predicted molar refractivity (Wildman–Crippen MR) is 81.0 cm³/mol. The summed E-state index contributed by atoms with van der Waals surface area (Å²) in [6, 6.07) is 8.11. The summed E-state index contributed by atoms with van der Waals surface area (Å²) in [5, 5.41) is 0. The molecule has 2 rings (SSSR count). The highest BCUT2D eigenvalue weighted by atomic mass is 16.5. The number of amides is 1. The number of hydrogen-bond acceptors (Lipinski definition) is 3. The van der Waals surface area contributed by atoms with E-state index in [1.54, 1.807) is 14.0 Å². The van der Waals surface area contributed by atoms with Crippen LogP contribution in [0, 0.1) is 6.92 Å². The Labute approximate surface area is 126 Å². The van der Waals surface area contributed by atoms with Crippen LogP contribution in [0.25, 0.3) is 0 Å². The number of esters is 1. The van der Waals surface area contributed by atoms with Crippen molar-refractivity contribution in [1.82, 2.24) is 4.90 Å². The van der Waals surface area contributed by atoms with Crippen LogP contribution in [0.3, 0.4) is 0 Å². The van der Waals surface area contributed by atoms with E-state index < -0.39 is 5.41 Å². The second kappa shape index (κ2) is 6.29. The lowest BCUT2D eigenvalue weighted by atomic mass is 9.63. The molecule has 0 saturated heterocycles. The Kier molecular flexibility index (Phi) is 4.66. The molecule has 1 amide bonds. The third-order valence-electron chi connectivity index (χ3n) is 4.21. The summed E-state index contributed by atoms with van der Waals surface area (Å²) in [5.41, 5.74) is 1.77. The topological polar surface area (TPSA) is 46.6 Å². The van der Waals surface area contributed by atoms with Crippen molar-refractivity contribution in [2.45, 2.75) is 38.5 Å². The van der Waals surface area contributed by atoms with E-state index in [-0.39, 0.29) is 18.4 Å². The molecular formula is C17H23NO3. The summed E-state index contributed by atoms with van der Waals surface area (Å²) in [6.45, 7) is 4.15. The Balaban J connectivity index is 2.16. The lowest BCUT2D eigenvalue weighted by Gasteiger charge is -2.43. The van der Waals surface area contributed by atoms with Crippen LogP contribution in [0.1, 0.15) is 37.3 Å². The maximum atomic E-state index is 12.8. The molecule has 4 heteroatoms. The average Bonchev–Trinajstić information content (AvgIpc) is 2.37. The van der Waals surface area contributed by atoms with Gasteiger partial charge in [0.1, 0.15) is 6.54 Å². The van der Waals surface area contributed by atoms with Crippen LogP contribution in [0.2, 0.25) is 0 Å². The molecule has 0 atom stereocenters. The number of rotatable bonds is 5. The van der Waals surface area contributed by atoms with Crippen molar-refractivity contribution in [2.75, 3.05) is 20.2 Å². The molecule has 1 aromatic carbocycles. The number of ether oxygens (including phenoxy) is 1. The molecule has 1 saturated carbocycles. The van der Waals surface area contributed by atoms with Crippen molar-refractivity contribution in [3.8, 4) is 0 Å². The van der Waals surface area contributed by atoms with Gasteiger partial charge >= 0.3 is 5.97 Å². The molecule has 0 unspecified atom stereocenters. The highest BCUT2D eigenvalue weighted by Crippen LogP contribution is 2.45. The van der Waals surface area contributed by atoms with E-state index >= 15 is 0 Å². The molecule has 1 aliphatic rings. The fraction of sp³-hybridized carbons (Fsp3) is 0.529. The Bertz CT molecular complexity index is 535. The first-order valence-corrected chi connectivity index (χ1v) is 7.48. The largest absolute Gasteiger partial charge is 0.465 e. The van der Waals surface area contributed by atoms with E-state index in [2.05, 4.69) is 6.07 Å². The summed E-state index contributed by atoms with van der Waals surface area (Å²) < 4.78 is 4.92. The number of carbonyl (C=O) groups is 2. The van der Waals surface area contributed by atoms with Gasteiger partial charge in [0, 0.05) is 7.05 Å². The Hall–Kier alpha value is -1.84. The minimum Gasteiger partial charge on any atom is -0.465 e. The Morgan fingerprint density at radius 2 is 2.05 bits per heavy atom. The number of nitrogens with zero attached hydrogens (tertiary/aromatic N) is 1. The molecule has 0 bridgehead atoms. The van der Waals surface area contributed by atoms with Crippen LogP contribution >= 0.6 is 0 Å². The SMILES string of the molecule is CCOC(=O)CN(C)C(=O)C1(c2cccc(C)c2)CCC1. The quantitative estimate of drug-likeness (QED) is 0.782. The van der Waals surface area contributed by atoms with Crippen LogP contribution in [-0.4, -0.2) is 37.0 Å². The summed E-state index contributed by atoms with van der Waals surface area (Å²) in [4.78, 5) is 25.9. The maximum Gasteiger partial charge on any atom is 0.325 e. The lowest BCUT2D eigenvalue weighted by Crippen LogP contribution is -2.51. The van der Waals surface area contributed by atoms with E-state index in [4.69, 9.17) is 4.74 Å². The van der Waals surface area contributed by atoms with Crippen molar-refractivity contribution in [3.63, 3.8) is 0 Å². The number of carbonyl (C=O) groups excluding carboxylic acids is 2. The molecule has 1 aliphatic carbocycles. The van der Waals surface area contributed by atoms with E-state index in [0.29, 0.717) is 6.61 Å².